The number of hydrogen-bond donors (Lipinski definition) is 1. The Bertz CT molecular complexity index is 483. The molecule has 2 fully saturated rings. The fraction of sp³-hybridized carbons (Fsp3) is 0.733. The second-order valence-corrected chi connectivity index (χ2v) is 6.90. The molecule has 0 bridgehead atoms. The van der Waals surface area contributed by atoms with Crippen molar-refractivity contribution in [3.63, 3.8) is 0 Å². The SMILES string of the molecule is C#CC1CC(=O)N(CC2(O)CN(C(=O)OC(C)(C)C)C2)C1. The van der Waals surface area contributed by atoms with Crippen molar-refractivity contribution in [1.82, 2.24) is 9.80 Å². The minimum Gasteiger partial charge on any atom is -0.444 e. The summed E-state index contributed by atoms with van der Waals surface area (Å²) >= 11 is 0. The summed E-state index contributed by atoms with van der Waals surface area (Å²) in [5, 5.41) is 10.4. The molecule has 116 valence electrons. The molecule has 2 aliphatic heterocycles. The number of nitrogens with zero attached hydrogens (tertiary/aromatic N) is 2. The van der Waals surface area contributed by atoms with Crippen molar-refractivity contribution in [3.05, 3.63) is 0 Å². The first kappa shape index (κ1) is 15.6. The summed E-state index contributed by atoms with van der Waals surface area (Å²) < 4.78 is 5.23. The average molecular weight is 294 g/mol. The van der Waals surface area contributed by atoms with E-state index < -0.39 is 17.3 Å². The highest BCUT2D eigenvalue weighted by molar-refractivity contribution is 5.79. The molecule has 2 rings (SSSR count). The van der Waals surface area contributed by atoms with Crippen LogP contribution in [0.4, 0.5) is 4.79 Å². The van der Waals surface area contributed by atoms with E-state index in [1.54, 1.807) is 25.7 Å². The number of hydrogen-bond acceptors (Lipinski definition) is 4. The maximum absolute atomic E-state index is 11.8. The van der Waals surface area contributed by atoms with E-state index in [0.29, 0.717) is 13.0 Å². The number of likely N-dealkylation sites (tertiary alicyclic amines) is 2. The van der Waals surface area contributed by atoms with Gasteiger partial charge >= 0.3 is 6.09 Å². The molecule has 2 aliphatic rings. The Kier molecular flexibility index (Phi) is 3.89. The molecule has 0 radical (unpaired) electrons. The molecule has 0 saturated carbocycles. The normalized spacial score (nSPS) is 24.5. The quantitative estimate of drug-likeness (QED) is 0.751. The number of aliphatic hydroxyl groups is 1. The van der Waals surface area contributed by atoms with Crippen LogP contribution in [0.5, 0.6) is 0 Å². The first-order valence-corrected chi connectivity index (χ1v) is 7.06. The van der Waals surface area contributed by atoms with Gasteiger partial charge in [0.2, 0.25) is 5.91 Å². The average Bonchev–Trinajstić information content (AvgIpc) is 2.64. The Morgan fingerprint density at radius 1 is 1.52 bits per heavy atom. The van der Waals surface area contributed by atoms with Crippen LogP contribution >= 0.6 is 0 Å². The maximum atomic E-state index is 11.8. The second-order valence-electron chi connectivity index (χ2n) is 6.90. The lowest BCUT2D eigenvalue weighted by Gasteiger charge is -2.47. The summed E-state index contributed by atoms with van der Waals surface area (Å²) in [6, 6.07) is 0. The molecule has 2 saturated heterocycles. The number of amides is 2. The number of ether oxygens (including phenoxy) is 1. The predicted molar refractivity (Wildman–Crippen MR) is 76.3 cm³/mol. The largest absolute Gasteiger partial charge is 0.444 e. The van der Waals surface area contributed by atoms with Crippen LogP contribution in [0.15, 0.2) is 0 Å². The molecule has 1 atom stereocenters. The van der Waals surface area contributed by atoms with Crippen LogP contribution < -0.4 is 0 Å². The van der Waals surface area contributed by atoms with E-state index in [1.807, 2.05) is 0 Å². The Labute approximate surface area is 125 Å². The molecule has 0 aromatic heterocycles. The van der Waals surface area contributed by atoms with Crippen LogP contribution in [-0.4, -0.2) is 64.3 Å². The number of carbonyl (C=O) groups is 2. The molecule has 6 heteroatoms. The second kappa shape index (κ2) is 5.23. The van der Waals surface area contributed by atoms with Gasteiger partial charge in [0.15, 0.2) is 0 Å². The van der Waals surface area contributed by atoms with Gasteiger partial charge in [-0.15, -0.1) is 12.3 Å². The van der Waals surface area contributed by atoms with Crippen molar-refractivity contribution in [1.29, 1.82) is 0 Å². The fourth-order valence-electron chi connectivity index (χ4n) is 2.61. The van der Waals surface area contributed by atoms with Crippen LogP contribution in [0.3, 0.4) is 0 Å². The van der Waals surface area contributed by atoms with E-state index in [1.165, 1.54) is 4.90 Å². The Morgan fingerprint density at radius 2 is 2.14 bits per heavy atom. The molecule has 0 aromatic rings. The van der Waals surface area contributed by atoms with Crippen molar-refractivity contribution < 1.29 is 19.4 Å². The van der Waals surface area contributed by atoms with Gasteiger partial charge in [-0.2, -0.15) is 0 Å². The highest BCUT2D eigenvalue weighted by atomic mass is 16.6. The van der Waals surface area contributed by atoms with Crippen LogP contribution in [0.25, 0.3) is 0 Å². The zero-order chi connectivity index (χ0) is 15.8. The molecule has 1 N–H and O–H groups in total. The van der Waals surface area contributed by atoms with Crippen molar-refractivity contribution >= 4 is 12.0 Å². The molecule has 2 amide bonds. The lowest BCUT2D eigenvalue weighted by Crippen LogP contribution is -2.68. The maximum Gasteiger partial charge on any atom is 0.410 e. The zero-order valence-electron chi connectivity index (χ0n) is 12.8. The van der Waals surface area contributed by atoms with Gasteiger partial charge in [0.25, 0.3) is 0 Å². The van der Waals surface area contributed by atoms with Crippen molar-refractivity contribution in [3.8, 4) is 12.3 Å². The van der Waals surface area contributed by atoms with Gasteiger partial charge in [0.1, 0.15) is 11.2 Å². The smallest absolute Gasteiger partial charge is 0.410 e. The Morgan fingerprint density at radius 3 is 2.62 bits per heavy atom. The van der Waals surface area contributed by atoms with Gasteiger partial charge in [-0.1, -0.05) is 0 Å². The van der Waals surface area contributed by atoms with Gasteiger partial charge in [-0.3, -0.25) is 4.79 Å². The summed E-state index contributed by atoms with van der Waals surface area (Å²) in [5.41, 5.74) is -1.62. The van der Waals surface area contributed by atoms with Gasteiger partial charge in [0, 0.05) is 18.9 Å². The lowest BCUT2D eigenvalue weighted by molar-refractivity contribution is -0.139. The van der Waals surface area contributed by atoms with E-state index in [-0.39, 0.29) is 31.5 Å². The number of terminal acetylenes is 1. The molecule has 0 aliphatic carbocycles. The molecule has 21 heavy (non-hydrogen) atoms. The third-order valence-corrected chi connectivity index (χ3v) is 3.56. The van der Waals surface area contributed by atoms with Crippen LogP contribution in [0.2, 0.25) is 0 Å². The van der Waals surface area contributed by atoms with Gasteiger partial charge < -0.3 is 19.6 Å². The molecule has 6 nitrogen and oxygen atoms in total. The lowest BCUT2D eigenvalue weighted by atomic mass is 9.94. The Balaban J connectivity index is 1.84. The third kappa shape index (κ3) is 3.67. The minimum atomic E-state index is -1.06. The third-order valence-electron chi connectivity index (χ3n) is 3.56. The van der Waals surface area contributed by atoms with Gasteiger partial charge in [-0.25, -0.2) is 4.79 Å². The highest BCUT2D eigenvalue weighted by Gasteiger charge is 2.47. The molecular weight excluding hydrogens is 272 g/mol. The molecule has 2 heterocycles. The minimum absolute atomic E-state index is 0.0397. The van der Waals surface area contributed by atoms with Crippen molar-refractivity contribution in [2.75, 3.05) is 26.2 Å². The van der Waals surface area contributed by atoms with Crippen molar-refractivity contribution in [2.45, 2.75) is 38.4 Å². The highest BCUT2D eigenvalue weighted by Crippen LogP contribution is 2.27. The number of rotatable bonds is 2. The van der Waals surface area contributed by atoms with Crippen LogP contribution in [-0.2, 0) is 9.53 Å². The zero-order valence-corrected chi connectivity index (χ0v) is 12.8. The Hall–Kier alpha value is -1.74. The first-order chi connectivity index (χ1) is 9.62. The monoisotopic (exact) mass is 294 g/mol. The van der Waals surface area contributed by atoms with Crippen LogP contribution in [0, 0.1) is 18.3 Å². The van der Waals surface area contributed by atoms with E-state index in [0.717, 1.165) is 0 Å². The van der Waals surface area contributed by atoms with E-state index >= 15 is 0 Å². The standard InChI is InChI=1S/C15H22N2O4/c1-5-11-6-12(18)16(7-11)8-15(20)9-17(10-15)13(19)21-14(2,3)4/h1,11,20H,6-10H2,2-4H3. The number of β-amino-alcohol motifs (C(OH)–C–C–N with tert-alkyl or cyclic N) is 1. The van der Waals surface area contributed by atoms with Crippen LogP contribution in [0.1, 0.15) is 27.2 Å². The summed E-state index contributed by atoms with van der Waals surface area (Å²) in [6.45, 7) is 6.41. The number of carbonyl (C=O) groups excluding carboxylic acids is 2. The van der Waals surface area contributed by atoms with E-state index in [9.17, 15) is 14.7 Å². The topological polar surface area (TPSA) is 70.1 Å². The molecule has 1 unspecified atom stereocenters. The molecule has 0 aromatic carbocycles. The van der Waals surface area contributed by atoms with Crippen molar-refractivity contribution in [2.24, 2.45) is 5.92 Å². The molecular formula is C15H22N2O4. The summed E-state index contributed by atoms with van der Waals surface area (Å²) in [7, 11) is 0. The van der Waals surface area contributed by atoms with E-state index in [4.69, 9.17) is 11.2 Å². The summed E-state index contributed by atoms with van der Waals surface area (Å²) in [6.07, 6.45) is 5.22. The van der Waals surface area contributed by atoms with Gasteiger partial charge in [0.05, 0.1) is 19.6 Å². The fourth-order valence-corrected chi connectivity index (χ4v) is 2.61. The van der Waals surface area contributed by atoms with E-state index in [2.05, 4.69) is 5.92 Å². The summed E-state index contributed by atoms with van der Waals surface area (Å²) in [4.78, 5) is 26.6. The first-order valence-electron chi connectivity index (χ1n) is 7.06. The van der Waals surface area contributed by atoms with Gasteiger partial charge in [-0.05, 0) is 20.8 Å². The predicted octanol–water partition coefficient (Wildman–Crippen LogP) is 0.450. The summed E-state index contributed by atoms with van der Waals surface area (Å²) in [5.74, 6) is 2.45. The molecule has 0 spiro atoms.